The number of aliphatic hydroxyl groups is 1. The van der Waals surface area contributed by atoms with Crippen molar-refractivity contribution in [2.24, 2.45) is 5.41 Å². The molecule has 0 aromatic rings. The van der Waals surface area contributed by atoms with E-state index in [4.69, 9.17) is 10.00 Å². The number of hydrogen-bond donors (Lipinski definition) is 1. The molecule has 1 rings (SSSR count). The van der Waals surface area contributed by atoms with E-state index in [0.717, 1.165) is 6.42 Å². The average Bonchev–Trinajstić information content (AvgIpc) is 2.53. The molecule has 0 aromatic carbocycles. The number of rotatable bonds is 3. The van der Waals surface area contributed by atoms with Gasteiger partial charge in [-0.15, -0.1) is 0 Å². The Morgan fingerprint density at radius 3 is 2.77 bits per heavy atom. The summed E-state index contributed by atoms with van der Waals surface area (Å²) in [6.45, 7) is 4.83. The minimum Gasteiger partial charge on any atom is -0.390 e. The van der Waals surface area contributed by atoms with Crippen LogP contribution in [-0.4, -0.2) is 23.9 Å². The molecule has 3 heteroatoms. The van der Waals surface area contributed by atoms with Crippen LogP contribution in [0.15, 0.2) is 0 Å². The third-order valence-corrected chi connectivity index (χ3v) is 2.82. The Balaban J connectivity index is 2.64. The molecule has 1 aliphatic heterocycles. The molecule has 1 aliphatic rings. The normalized spacial score (nSPS) is 32.5. The number of nitriles is 1. The Kier molecular flexibility index (Phi) is 2.94. The fraction of sp³-hybridized carbons (Fsp3) is 0.900. The summed E-state index contributed by atoms with van der Waals surface area (Å²) in [7, 11) is 0. The maximum atomic E-state index is 9.87. The van der Waals surface area contributed by atoms with Gasteiger partial charge in [0.15, 0.2) is 0 Å². The molecular weight excluding hydrogens is 166 g/mol. The summed E-state index contributed by atoms with van der Waals surface area (Å²) in [4.78, 5) is 0. The Morgan fingerprint density at radius 1 is 1.69 bits per heavy atom. The van der Waals surface area contributed by atoms with Crippen LogP contribution < -0.4 is 0 Å². The van der Waals surface area contributed by atoms with E-state index < -0.39 is 11.0 Å². The molecule has 1 N–H and O–H groups in total. The van der Waals surface area contributed by atoms with Gasteiger partial charge in [0, 0.05) is 6.61 Å². The van der Waals surface area contributed by atoms with E-state index in [2.05, 4.69) is 6.07 Å². The summed E-state index contributed by atoms with van der Waals surface area (Å²) in [6, 6.07) is 2.28. The average molecular weight is 183 g/mol. The van der Waals surface area contributed by atoms with Gasteiger partial charge in [0.1, 0.15) is 0 Å². The Bertz CT molecular complexity index is 211. The lowest BCUT2D eigenvalue weighted by Gasteiger charge is -2.29. The van der Waals surface area contributed by atoms with Gasteiger partial charge in [-0.1, -0.05) is 6.92 Å². The van der Waals surface area contributed by atoms with Crippen LogP contribution in [0.25, 0.3) is 0 Å². The minimum absolute atomic E-state index is 0.445. The molecule has 13 heavy (non-hydrogen) atoms. The van der Waals surface area contributed by atoms with Gasteiger partial charge in [0.2, 0.25) is 0 Å². The van der Waals surface area contributed by atoms with E-state index >= 15 is 0 Å². The van der Waals surface area contributed by atoms with Gasteiger partial charge >= 0.3 is 0 Å². The second kappa shape index (κ2) is 3.65. The maximum Gasteiger partial charge on any atom is 0.0855 e. The Hall–Kier alpha value is -0.590. The lowest BCUT2D eigenvalue weighted by atomic mass is 9.77. The van der Waals surface area contributed by atoms with Gasteiger partial charge in [-0.2, -0.15) is 5.26 Å². The first-order valence-electron chi connectivity index (χ1n) is 4.75. The Labute approximate surface area is 79.3 Å². The van der Waals surface area contributed by atoms with Crippen molar-refractivity contribution < 1.29 is 9.84 Å². The van der Waals surface area contributed by atoms with Crippen molar-refractivity contribution in [2.75, 3.05) is 13.2 Å². The van der Waals surface area contributed by atoms with Gasteiger partial charge in [0.25, 0.3) is 0 Å². The predicted molar refractivity (Wildman–Crippen MR) is 49.0 cm³/mol. The first-order chi connectivity index (χ1) is 6.04. The highest BCUT2D eigenvalue weighted by molar-refractivity contribution is 5.04. The number of ether oxygens (including phenoxy) is 1. The van der Waals surface area contributed by atoms with Crippen LogP contribution >= 0.6 is 0 Å². The zero-order valence-corrected chi connectivity index (χ0v) is 8.34. The van der Waals surface area contributed by atoms with Gasteiger partial charge < -0.3 is 9.84 Å². The summed E-state index contributed by atoms with van der Waals surface area (Å²) < 4.78 is 5.21. The fourth-order valence-electron chi connectivity index (χ4n) is 1.73. The van der Waals surface area contributed by atoms with E-state index in [1.165, 1.54) is 0 Å². The molecule has 2 unspecified atom stereocenters. The first kappa shape index (κ1) is 10.5. The molecule has 0 radical (unpaired) electrons. The van der Waals surface area contributed by atoms with E-state index in [0.29, 0.717) is 26.1 Å². The lowest BCUT2D eigenvalue weighted by molar-refractivity contribution is 0.0130. The van der Waals surface area contributed by atoms with Crippen molar-refractivity contribution in [3.8, 4) is 6.07 Å². The SMILES string of the molecule is CCC(C)(O)CC1(C#N)CCOC1. The van der Waals surface area contributed by atoms with Crippen LogP contribution in [0.3, 0.4) is 0 Å². The quantitative estimate of drug-likeness (QED) is 0.720. The van der Waals surface area contributed by atoms with Gasteiger partial charge in [-0.05, 0) is 26.2 Å². The van der Waals surface area contributed by atoms with E-state index in [1.54, 1.807) is 6.92 Å². The highest BCUT2D eigenvalue weighted by Gasteiger charge is 2.40. The number of hydrogen-bond acceptors (Lipinski definition) is 3. The molecule has 74 valence electrons. The molecule has 0 bridgehead atoms. The second-order valence-electron chi connectivity index (χ2n) is 4.22. The number of nitrogens with zero attached hydrogens (tertiary/aromatic N) is 1. The van der Waals surface area contributed by atoms with Crippen molar-refractivity contribution in [1.29, 1.82) is 5.26 Å². The molecule has 0 saturated carbocycles. The van der Waals surface area contributed by atoms with Crippen molar-refractivity contribution in [3.63, 3.8) is 0 Å². The van der Waals surface area contributed by atoms with Crippen LogP contribution in [0.4, 0.5) is 0 Å². The van der Waals surface area contributed by atoms with Gasteiger partial charge in [-0.3, -0.25) is 0 Å². The molecule has 1 fully saturated rings. The molecule has 0 spiro atoms. The van der Waals surface area contributed by atoms with Crippen LogP contribution in [0.2, 0.25) is 0 Å². The molecule has 1 saturated heterocycles. The Morgan fingerprint density at radius 2 is 2.38 bits per heavy atom. The molecule has 3 nitrogen and oxygen atoms in total. The van der Waals surface area contributed by atoms with Crippen molar-refractivity contribution >= 4 is 0 Å². The summed E-state index contributed by atoms with van der Waals surface area (Å²) in [5.41, 5.74) is -1.18. The predicted octanol–water partition coefficient (Wildman–Crippen LogP) is 1.47. The first-order valence-corrected chi connectivity index (χ1v) is 4.75. The van der Waals surface area contributed by atoms with Crippen LogP contribution in [0.1, 0.15) is 33.1 Å². The lowest BCUT2D eigenvalue weighted by Crippen LogP contribution is -2.33. The largest absolute Gasteiger partial charge is 0.390 e. The second-order valence-corrected chi connectivity index (χ2v) is 4.22. The van der Waals surface area contributed by atoms with E-state index in [-0.39, 0.29) is 0 Å². The summed E-state index contributed by atoms with van der Waals surface area (Å²) in [6.07, 6.45) is 1.95. The van der Waals surface area contributed by atoms with Gasteiger partial charge in [-0.25, -0.2) is 0 Å². The topological polar surface area (TPSA) is 53.2 Å². The molecule has 0 aliphatic carbocycles. The zero-order chi connectivity index (χ0) is 9.95. The summed E-state index contributed by atoms with van der Waals surface area (Å²) in [5.74, 6) is 0. The third kappa shape index (κ3) is 2.43. The molecule has 0 amide bonds. The highest BCUT2D eigenvalue weighted by Crippen LogP contribution is 2.37. The molecule has 2 atom stereocenters. The maximum absolute atomic E-state index is 9.87. The van der Waals surface area contributed by atoms with E-state index in [9.17, 15) is 5.11 Å². The summed E-state index contributed by atoms with van der Waals surface area (Å²) in [5, 5.41) is 18.9. The fourth-order valence-corrected chi connectivity index (χ4v) is 1.73. The molecule has 1 heterocycles. The minimum atomic E-state index is -0.733. The van der Waals surface area contributed by atoms with E-state index in [1.807, 2.05) is 6.92 Å². The molecular formula is C10H17NO2. The smallest absolute Gasteiger partial charge is 0.0855 e. The monoisotopic (exact) mass is 183 g/mol. The molecule has 0 aromatic heterocycles. The van der Waals surface area contributed by atoms with Crippen LogP contribution in [0.5, 0.6) is 0 Å². The highest BCUT2D eigenvalue weighted by atomic mass is 16.5. The van der Waals surface area contributed by atoms with Crippen molar-refractivity contribution in [3.05, 3.63) is 0 Å². The van der Waals surface area contributed by atoms with Crippen LogP contribution in [-0.2, 0) is 4.74 Å². The van der Waals surface area contributed by atoms with Crippen molar-refractivity contribution in [1.82, 2.24) is 0 Å². The van der Waals surface area contributed by atoms with Crippen molar-refractivity contribution in [2.45, 2.75) is 38.7 Å². The summed E-state index contributed by atoms with van der Waals surface area (Å²) >= 11 is 0. The van der Waals surface area contributed by atoms with Crippen LogP contribution in [0, 0.1) is 16.7 Å². The zero-order valence-electron chi connectivity index (χ0n) is 8.34. The standard InChI is InChI=1S/C10H17NO2/c1-3-9(2,12)6-10(7-11)4-5-13-8-10/h12H,3-6,8H2,1-2H3. The van der Waals surface area contributed by atoms with Gasteiger partial charge in [0.05, 0.1) is 23.7 Å². The third-order valence-electron chi connectivity index (χ3n) is 2.82.